The molecule has 1 aromatic rings. The molecule has 0 bridgehead atoms. The lowest BCUT2D eigenvalue weighted by Gasteiger charge is -2.21. The van der Waals surface area contributed by atoms with E-state index in [2.05, 4.69) is 26.0 Å². The van der Waals surface area contributed by atoms with E-state index in [0.29, 0.717) is 25.4 Å². The molecule has 122 valence electrons. The van der Waals surface area contributed by atoms with Crippen LogP contribution in [0.15, 0.2) is 28.7 Å². The number of para-hydroxylation sites is 1. The zero-order valence-corrected chi connectivity index (χ0v) is 14.4. The van der Waals surface area contributed by atoms with E-state index in [-0.39, 0.29) is 24.8 Å². The number of ether oxygens (including phenoxy) is 2. The van der Waals surface area contributed by atoms with Gasteiger partial charge in [-0.05, 0) is 28.1 Å². The molecule has 0 saturated heterocycles. The van der Waals surface area contributed by atoms with Gasteiger partial charge in [0.15, 0.2) is 0 Å². The van der Waals surface area contributed by atoms with Crippen molar-refractivity contribution in [3.05, 3.63) is 28.7 Å². The molecule has 0 fully saturated rings. The van der Waals surface area contributed by atoms with Crippen LogP contribution < -0.4 is 5.32 Å². The SMILES string of the molecule is COCCN(CCC(=O)OC)CC(=O)Nc1ccccc1Br. The van der Waals surface area contributed by atoms with E-state index in [1.165, 1.54) is 7.11 Å². The third-order valence-corrected chi connectivity index (χ3v) is 3.68. The molecule has 22 heavy (non-hydrogen) atoms. The van der Waals surface area contributed by atoms with Gasteiger partial charge in [-0.25, -0.2) is 0 Å². The van der Waals surface area contributed by atoms with Gasteiger partial charge in [0.1, 0.15) is 0 Å². The minimum Gasteiger partial charge on any atom is -0.469 e. The number of esters is 1. The monoisotopic (exact) mass is 372 g/mol. The molecule has 0 aromatic heterocycles. The number of amides is 1. The van der Waals surface area contributed by atoms with E-state index in [0.717, 1.165) is 4.47 Å². The summed E-state index contributed by atoms with van der Waals surface area (Å²) in [6, 6.07) is 7.40. The Morgan fingerprint density at radius 1 is 1.23 bits per heavy atom. The molecule has 0 atom stereocenters. The molecule has 0 saturated carbocycles. The van der Waals surface area contributed by atoms with Gasteiger partial charge in [0.05, 0.1) is 32.4 Å². The number of carbonyl (C=O) groups excluding carboxylic acids is 2. The van der Waals surface area contributed by atoms with E-state index >= 15 is 0 Å². The topological polar surface area (TPSA) is 67.9 Å². The van der Waals surface area contributed by atoms with Gasteiger partial charge in [0, 0.05) is 24.7 Å². The lowest BCUT2D eigenvalue weighted by Crippen LogP contribution is -2.37. The highest BCUT2D eigenvalue weighted by Crippen LogP contribution is 2.20. The van der Waals surface area contributed by atoms with Crippen LogP contribution in [0.25, 0.3) is 0 Å². The largest absolute Gasteiger partial charge is 0.469 e. The quantitative estimate of drug-likeness (QED) is 0.670. The van der Waals surface area contributed by atoms with Crippen LogP contribution in [0.5, 0.6) is 0 Å². The van der Waals surface area contributed by atoms with Crippen molar-refractivity contribution < 1.29 is 19.1 Å². The van der Waals surface area contributed by atoms with Crippen molar-refractivity contribution >= 4 is 33.5 Å². The molecule has 7 heteroatoms. The highest BCUT2D eigenvalue weighted by Gasteiger charge is 2.13. The molecular weight excluding hydrogens is 352 g/mol. The Balaban J connectivity index is 2.54. The smallest absolute Gasteiger partial charge is 0.306 e. The fourth-order valence-electron chi connectivity index (χ4n) is 1.80. The molecule has 0 aliphatic heterocycles. The number of hydrogen-bond donors (Lipinski definition) is 1. The number of carbonyl (C=O) groups is 2. The van der Waals surface area contributed by atoms with Crippen LogP contribution in [0.3, 0.4) is 0 Å². The highest BCUT2D eigenvalue weighted by atomic mass is 79.9. The molecule has 0 aliphatic rings. The first kappa shape index (κ1) is 18.6. The third kappa shape index (κ3) is 7.02. The standard InChI is InChI=1S/C15H21BrN2O4/c1-21-10-9-18(8-7-15(20)22-2)11-14(19)17-13-6-4-3-5-12(13)16/h3-6H,7-11H2,1-2H3,(H,17,19). The fourth-order valence-corrected chi connectivity index (χ4v) is 2.18. The Kier molecular flexibility index (Phi) is 8.72. The first-order valence-electron chi connectivity index (χ1n) is 6.89. The van der Waals surface area contributed by atoms with Crippen LogP contribution in [0.1, 0.15) is 6.42 Å². The van der Waals surface area contributed by atoms with Gasteiger partial charge in [-0.15, -0.1) is 0 Å². The highest BCUT2D eigenvalue weighted by molar-refractivity contribution is 9.10. The number of benzene rings is 1. The van der Waals surface area contributed by atoms with Crippen LogP contribution >= 0.6 is 15.9 Å². The van der Waals surface area contributed by atoms with E-state index in [1.807, 2.05) is 29.2 Å². The van der Waals surface area contributed by atoms with Crippen molar-refractivity contribution in [1.29, 1.82) is 0 Å². The summed E-state index contributed by atoms with van der Waals surface area (Å²) >= 11 is 3.38. The maximum absolute atomic E-state index is 12.1. The Hall–Kier alpha value is -1.44. The Bertz CT molecular complexity index is 496. The summed E-state index contributed by atoms with van der Waals surface area (Å²) < 4.78 is 10.5. The molecule has 6 nitrogen and oxygen atoms in total. The van der Waals surface area contributed by atoms with Gasteiger partial charge in [0.25, 0.3) is 0 Å². The minimum atomic E-state index is -0.298. The van der Waals surface area contributed by atoms with Crippen molar-refractivity contribution in [1.82, 2.24) is 4.90 Å². The van der Waals surface area contributed by atoms with Crippen molar-refractivity contribution in [2.75, 3.05) is 45.8 Å². The molecular formula is C15H21BrN2O4. The van der Waals surface area contributed by atoms with Gasteiger partial charge < -0.3 is 14.8 Å². The zero-order valence-electron chi connectivity index (χ0n) is 12.8. The van der Waals surface area contributed by atoms with Crippen LogP contribution in [0.2, 0.25) is 0 Å². The molecule has 0 unspecified atom stereocenters. The zero-order chi connectivity index (χ0) is 16.4. The van der Waals surface area contributed by atoms with Gasteiger partial charge in [0.2, 0.25) is 5.91 Å². The molecule has 1 rings (SSSR count). The summed E-state index contributed by atoms with van der Waals surface area (Å²) in [5.41, 5.74) is 0.715. The summed E-state index contributed by atoms with van der Waals surface area (Å²) in [6.07, 6.45) is 0.239. The number of halogens is 1. The second kappa shape index (κ2) is 10.3. The van der Waals surface area contributed by atoms with Crippen molar-refractivity contribution in [3.63, 3.8) is 0 Å². The van der Waals surface area contributed by atoms with E-state index in [1.54, 1.807) is 7.11 Å². The average molecular weight is 373 g/mol. The first-order chi connectivity index (χ1) is 10.6. The van der Waals surface area contributed by atoms with E-state index < -0.39 is 0 Å². The minimum absolute atomic E-state index is 0.145. The van der Waals surface area contributed by atoms with Gasteiger partial charge in [-0.3, -0.25) is 14.5 Å². The summed E-state index contributed by atoms with van der Waals surface area (Å²) in [6.45, 7) is 1.68. The molecule has 0 heterocycles. The van der Waals surface area contributed by atoms with Crippen LogP contribution in [0.4, 0.5) is 5.69 Å². The molecule has 0 aliphatic carbocycles. The fraction of sp³-hybridized carbons (Fsp3) is 0.467. The van der Waals surface area contributed by atoms with E-state index in [4.69, 9.17) is 4.74 Å². The van der Waals surface area contributed by atoms with Gasteiger partial charge >= 0.3 is 5.97 Å². The lowest BCUT2D eigenvalue weighted by molar-refractivity contribution is -0.141. The predicted octanol–water partition coefficient (Wildman–Crippen LogP) is 1.90. The molecule has 0 spiro atoms. The molecule has 1 amide bonds. The maximum Gasteiger partial charge on any atom is 0.306 e. The summed E-state index contributed by atoms with van der Waals surface area (Å²) in [4.78, 5) is 25.2. The second-order valence-electron chi connectivity index (χ2n) is 4.62. The second-order valence-corrected chi connectivity index (χ2v) is 5.48. The number of hydrogen-bond acceptors (Lipinski definition) is 5. The third-order valence-electron chi connectivity index (χ3n) is 2.99. The van der Waals surface area contributed by atoms with Crippen LogP contribution in [-0.4, -0.2) is 57.2 Å². The number of rotatable bonds is 9. The Morgan fingerprint density at radius 2 is 1.95 bits per heavy atom. The first-order valence-corrected chi connectivity index (χ1v) is 7.68. The number of nitrogens with one attached hydrogen (secondary N) is 1. The molecule has 1 aromatic carbocycles. The molecule has 1 N–H and O–H groups in total. The Labute approximate surface area is 138 Å². The summed E-state index contributed by atoms with van der Waals surface area (Å²) in [5, 5.41) is 2.83. The average Bonchev–Trinajstić information content (AvgIpc) is 2.51. The van der Waals surface area contributed by atoms with Crippen molar-refractivity contribution in [2.24, 2.45) is 0 Å². The van der Waals surface area contributed by atoms with Crippen LogP contribution in [0, 0.1) is 0 Å². The lowest BCUT2D eigenvalue weighted by atomic mass is 10.3. The maximum atomic E-state index is 12.1. The van der Waals surface area contributed by atoms with E-state index in [9.17, 15) is 9.59 Å². The van der Waals surface area contributed by atoms with Crippen molar-refractivity contribution in [2.45, 2.75) is 6.42 Å². The van der Waals surface area contributed by atoms with Gasteiger partial charge in [-0.2, -0.15) is 0 Å². The molecule has 0 radical (unpaired) electrons. The number of methoxy groups -OCH3 is 2. The summed E-state index contributed by atoms with van der Waals surface area (Å²) in [7, 11) is 2.95. The number of nitrogens with zero attached hydrogens (tertiary/aromatic N) is 1. The summed E-state index contributed by atoms with van der Waals surface area (Å²) in [5.74, 6) is -0.443. The Morgan fingerprint density at radius 3 is 2.59 bits per heavy atom. The van der Waals surface area contributed by atoms with Crippen molar-refractivity contribution in [3.8, 4) is 0 Å². The van der Waals surface area contributed by atoms with Crippen LogP contribution in [-0.2, 0) is 19.1 Å². The number of anilines is 1. The normalized spacial score (nSPS) is 10.5. The van der Waals surface area contributed by atoms with Gasteiger partial charge in [-0.1, -0.05) is 12.1 Å². The predicted molar refractivity (Wildman–Crippen MR) is 87.7 cm³/mol.